The molecule has 7 nitrogen and oxygen atoms in total. The number of hydroxylamine groups is 2. The molecule has 1 saturated heterocycles. The molecule has 39 heavy (non-hydrogen) atoms. The lowest BCUT2D eigenvalue weighted by molar-refractivity contribution is -0.176. The Bertz CT molecular complexity index is 1070. The minimum atomic E-state index is -1.06. The topological polar surface area (TPSA) is 82.1 Å². The van der Waals surface area contributed by atoms with Crippen LogP contribution in [0.5, 0.6) is 0 Å². The summed E-state index contributed by atoms with van der Waals surface area (Å²) < 4.78 is 11.7. The molecule has 0 atom stereocenters. The fraction of sp³-hybridized carbons (Fsp3) is 0.300. The number of carbonyl (C=O) groups excluding carboxylic acids is 3. The highest BCUT2D eigenvalue weighted by Crippen LogP contribution is 2.40. The monoisotopic (exact) mass is 567 g/mol. The van der Waals surface area contributed by atoms with Gasteiger partial charge >= 0.3 is 6.16 Å². The molecule has 1 heterocycles. The third kappa shape index (κ3) is 8.11. The van der Waals surface area contributed by atoms with E-state index in [4.69, 9.17) is 9.47 Å². The number of amides is 2. The summed E-state index contributed by atoms with van der Waals surface area (Å²) in [6.07, 6.45) is -0.974. The fourth-order valence-corrected chi connectivity index (χ4v) is 5.69. The number of imide groups is 1. The first-order valence-electron chi connectivity index (χ1n) is 12.9. The quantitative estimate of drug-likeness (QED) is 0.0794. The molecule has 1 aliphatic rings. The lowest BCUT2D eigenvalue weighted by atomic mass is 9.80. The molecule has 1 aliphatic heterocycles. The van der Waals surface area contributed by atoms with E-state index in [0.717, 1.165) is 16.7 Å². The summed E-state index contributed by atoms with van der Waals surface area (Å²) in [5.74, 6) is 0.150. The highest BCUT2D eigenvalue weighted by molar-refractivity contribution is 8.76. The van der Waals surface area contributed by atoms with E-state index in [1.807, 2.05) is 68.4 Å². The Morgan fingerprint density at radius 3 is 1.56 bits per heavy atom. The summed E-state index contributed by atoms with van der Waals surface area (Å²) in [7, 11) is 3.14. The van der Waals surface area contributed by atoms with Crippen molar-refractivity contribution < 1.29 is 28.7 Å². The standard InChI is InChI=1S/C28H27NO6S2.C2H6/c30-25-16-17-26(31)29(25)35-27(32)33-18-20-36-37-21-19-34-28(22-10-4-1-5-11-22,23-12-6-2-7-13-23)24-14-8-3-9-15-24;1-2/h1-15H,16-21H2;1-2H3. The molecule has 3 aromatic rings. The minimum Gasteiger partial charge on any atom is -0.432 e. The normalized spacial score (nSPS) is 13.0. The summed E-state index contributed by atoms with van der Waals surface area (Å²) in [6, 6.07) is 30.6. The highest BCUT2D eigenvalue weighted by atomic mass is 33.1. The summed E-state index contributed by atoms with van der Waals surface area (Å²) >= 11 is 0. The Morgan fingerprint density at radius 2 is 1.13 bits per heavy atom. The van der Waals surface area contributed by atoms with Gasteiger partial charge in [0.05, 0.1) is 6.61 Å². The van der Waals surface area contributed by atoms with E-state index in [9.17, 15) is 14.4 Å². The molecule has 9 heteroatoms. The lowest BCUT2D eigenvalue weighted by Gasteiger charge is -2.36. The van der Waals surface area contributed by atoms with Gasteiger partial charge in [-0.15, -0.1) is 0 Å². The van der Waals surface area contributed by atoms with E-state index < -0.39 is 23.6 Å². The van der Waals surface area contributed by atoms with Gasteiger partial charge in [0.25, 0.3) is 11.8 Å². The molecule has 0 radical (unpaired) electrons. The van der Waals surface area contributed by atoms with E-state index in [-0.39, 0.29) is 19.4 Å². The van der Waals surface area contributed by atoms with Crippen LogP contribution in [0.1, 0.15) is 43.4 Å². The van der Waals surface area contributed by atoms with Crippen molar-refractivity contribution in [2.24, 2.45) is 0 Å². The van der Waals surface area contributed by atoms with Crippen LogP contribution in [-0.2, 0) is 29.5 Å². The summed E-state index contributed by atoms with van der Waals surface area (Å²) in [6.45, 7) is 4.58. The molecule has 206 valence electrons. The molecule has 0 spiro atoms. The van der Waals surface area contributed by atoms with Crippen molar-refractivity contribution in [1.29, 1.82) is 0 Å². The maximum Gasteiger partial charge on any atom is 0.533 e. The van der Waals surface area contributed by atoms with Gasteiger partial charge in [0, 0.05) is 24.3 Å². The van der Waals surface area contributed by atoms with Crippen LogP contribution in [0.25, 0.3) is 0 Å². The number of hydrogen-bond donors (Lipinski definition) is 0. The van der Waals surface area contributed by atoms with Crippen LogP contribution in [0.4, 0.5) is 4.79 Å². The molecule has 0 bridgehead atoms. The average Bonchev–Trinajstić information content (AvgIpc) is 3.31. The van der Waals surface area contributed by atoms with Crippen molar-refractivity contribution in [3.8, 4) is 0 Å². The Morgan fingerprint density at radius 1 is 0.718 bits per heavy atom. The summed E-state index contributed by atoms with van der Waals surface area (Å²) in [5, 5.41) is 0.472. The van der Waals surface area contributed by atoms with Crippen LogP contribution >= 0.6 is 21.6 Å². The molecule has 3 aromatic carbocycles. The van der Waals surface area contributed by atoms with Gasteiger partial charge in [-0.3, -0.25) is 14.4 Å². The number of carbonyl (C=O) groups is 3. The van der Waals surface area contributed by atoms with Crippen LogP contribution in [0.15, 0.2) is 91.0 Å². The van der Waals surface area contributed by atoms with Gasteiger partial charge in [0.15, 0.2) is 0 Å². The lowest BCUT2D eigenvalue weighted by Crippen LogP contribution is -2.33. The molecule has 0 saturated carbocycles. The first-order chi connectivity index (χ1) is 19.1. The largest absolute Gasteiger partial charge is 0.533 e. The van der Waals surface area contributed by atoms with Crippen LogP contribution < -0.4 is 0 Å². The van der Waals surface area contributed by atoms with E-state index in [0.29, 0.717) is 23.2 Å². The van der Waals surface area contributed by atoms with Gasteiger partial charge in [0.2, 0.25) is 0 Å². The molecule has 1 fully saturated rings. The molecule has 0 aliphatic carbocycles. The predicted molar refractivity (Wildman–Crippen MR) is 155 cm³/mol. The summed E-state index contributed by atoms with van der Waals surface area (Å²) in [4.78, 5) is 39.4. The fourth-order valence-electron chi connectivity index (χ4n) is 4.03. The number of rotatable bonds is 12. The molecular weight excluding hydrogens is 534 g/mol. The maximum absolute atomic E-state index is 11.7. The molecule has 4 rings (SSSR count). The van der Waals surface area contributed by atoms with Crippen LogP contribution in [0.3, 0.4) is 0 Å². The zero-order chi connectivity index (χ0) is 27.9. The number of hydrogen-bond acceptors (Lipinski definition) is 8. The molecule has 0 N–H and O–H groups in total. The first kappa shape index (κ1) is 30.3. The van der Waals surface area contributed by atoms with Crippen molar-refractivity contribution in [3.05, 3.63) is 108 Å². The Labute approximate surface area is 237 Å². The smallest absolute Gasteiger partial charge is 0.432 e. The molecule has 0 aromatic heterocycles. The molecule has 0 unspecified atom stereocenters. The molecular formula is C30H33NO6S2. The van der Waals surface area contributed by atoms with Gasteiger partial charge in [-0.1, -0.05) is 131 Å². The van der Waals surface area contributed by atoms with Crippen LogP contribution in [0, 0.1) is 0 Å². The van der Waals surface area contributed by atoms with Crippen LogP contribution in [-0.4, -0.2) is 47.8 Å². The second-order valence-corrected chi connectivity index (χ2v) is 10.7. The van der Waals surface area contributed by atoms with Gasteiger partial charge in [-0.2, -0.15) is 0 Å². The zero-order valence-electron chi connectivity index (χ0n) is 22.1. The molecule has 2 amide bonds. The van der Waals surface area contributed by atoms with Crippen molar-refractivity contribution >= 4 is 39.6 Å². The third-order valence-corrected chi connectivity index (χ3v) is 8.00. The maximum atomic E-state index is 11.7. The Kier molecular flexibility index (Phi) is 12.4. The second kappa shape index (κ2) is 16.0. The van der Waals surface area contributed by atoms with Gasteiger partial charge in [0.1, 0.15) is 12.2 Å². The van der Waals surface area contributed by atoms with Crippen LogP contribution in [0.2, 0.25) is 0 Å². The SMILES string of the molecule is CC.O=C(OCCSSCCOC(c1ccccc1)(c1ccccc1)c1ccccc1)ON1C(=O)CCC1=O. The van der Waals surface area contributed by atoms with Gasteiger partial charge < -0.3 is 9.47 Å². The van der Waals surface area contributed by atoms with E-state index in [1.54, 1.807) is 10.8 Å². The first-order valence-corrected chi connectivity index (χ1v) is 15.4. The second-order valence-electron chi connectivity index (χ2n) is 8.04. The number of benzene rings is 3. The average molecular weight is 568 g/mol. The third-order valence-electron chi connectivity index (χ3n) is 5.67. The van der Waals surface area contributed by atoms with E-state index in [1.165, 1.54) is 10.8 Å². The van der Waals surface area contributed by atoms with E-state index >= 15 is 0 Å². The number of nitrogens with zero attached hydrogens (tertiary/aromatic N) is 1. The Hall–Kier alpha value is -3.27. The van der Waals surface area contributed by atoms with Gasteiger partial charge in [-0.25, -0.2) is 4.79 Å². The van der Waals surface area contributed by atoms with Crippen molar-refractivity contribution in [3.63, 3.8) is 0 Å². The Balaban J connectivity index is 0.00000205. The van der Waals surface area contributed by atoms with Crippen molar-refractivity contribution in [2.75, 3.05) is 24.7 Å². The minimum absolute atomic E-state index is 0.0424. The number of ether oxygens (including phenoxy) is 2. The van der Waals surface area contributed by atoms with Crippen molar-refractivity contribution in [1.82, 2.24) is 5.06 Å². The zero-order valence-corrected chi connectivity index (χ0v) is 23.7. The van der Waals surface area contributed by atoms with E-state index in [2.05, 4.69) is 41.2 Å². The van der Waals surface area contributed by atoms with Crippen molar-refractivity contribution in [2.45, 2.75) is 32.3 Å². The predicted octanol–water partition coefficient (Wildman–Crippen LogP) is 6.62. The highest BCUT2D eigenvalue weighted by Gasteiger charge is 2.37. The van der Waals surface area contributed by atoms with Gasteiger partial charge in [-0.05, 0) is 16.7 Å². The summed E-state index contributed by atoms with van der Waals surface area (Å²) in [5.41, 5.74) is 2.39.